The largest absolute Gasteiger partial charge is 0.465 e. The van der Waals surface area contributed by atoms with Gasteiger partial charge in [-0.15, -0.1) is 0 Å². The average Bonchev–Trinajstić information content (AvgIpc) is 2.40. The van der Waals surface area contributed by atoms with Crippen molar-refractivity contribution in [3.05, 3.63) is 0 Å². The molecule has 0 aliphatic heterocycles. The lowest BCUT2D eigenvalue weighted by atomic mass is 9.98. The van der Waals surface area contributed by atoms with Gasteiger partial charge < -0.3 is 19.5 Å². The van der Waals surface area contributed by atoms with E-state index >= 15 is 0 Å². The van der Waals surface area contributed by atoms with Gasteiger partial charge in [0, 0.05) is 26.9 Å². The number of carbonyl (C=O) groups is 1. The highest BCUT2D eigenvalue weighted by atomic mass is 16.5. The van der Waals surface area contributed by atoms with Crippen LogP contribution in [0.15, 0.2) is 0 Å². The summed E-state index contributed by atoms with van der Waals surface area (Å²) in [4.78, 5) is 12.0. The molecule has 0 spiro atoms. The van der Waals surface area contributed by atoms with Crippen LogP contribution in [0.2, 0.25) is 0 Å². The van der Waals surface area contributed by atoms with E-state index < -0.39 is 5.54 Å². The van der Waals surface area contributed by atoms with Gasteiger partial charge in [-0.25, -0.2) is 0 Å². The van der Waals surface area contributed by atoms with Crippen molar-refractivity contribution in [2.45, 2.75) is 45.6 Å². The van der Waals surface area contributed by atoms with Gasteiger partial charge in [0.1, 0.15) is 5.54 Å². The van der Waals surface area contributed by atoms with Crippen molar-refractivity contribution in [3.63, 3.8) is 0 Å². The van der Waals surface area contributed by atoms with Crippen molar-refractivity contribution in [1.29, 1.82) is 0 Å². The Morgan fingerprint density at radius 3 is 2.53 bits per heavy atom. The Balaban J connectivity index is 4.08. The third kappa shape index (κ3) is 8.18. The molecule has 1 N–H and O–H groups in total. The van der Waals surface area contributed by atoms with Gasteiger partial charge in [-0.3, -0.25) is 4.79 Å². The monoisotopic (exact) mass is 275 g/mol. The summed E-state index contributed by atoms with van der Waals surface area (Å²) in [5.74, 6) is -0.205. The molecule has 0 amide bonds. The van der Waals surface area contributed by atoms with Crippen LogP contribution in [0.4, 0.5) is 0 Å². The molecule has 0 bridgehead atoms. The molecule has 19 heavy (non-hydrogen) atoms. The van der Waals surface area contributed by atoms with Crippen LogP contribution in [0.1, 0.15) is 40.0 Å². The fourth-order valence-corrected chi connectivity index (χ4v) is 1.64. The summed E-state index contributed by atoms with van der Waals surface area (Å²) in [6.07, 6.45) is 2.46. The van der Waals surface area contributed by atoms with E-state index in [2.05, 4.69) is 12.2 Å². The Morgan fingerprint density at radius 2 is 1.95 bits per heavy atom. The fraction of sp³-hybridized carbons (Fsp3) is 0.929. The Bertz CT molecular complexity index is 235. The van der Waals surface area contributed by atoms with Gasteiger partial charge >= 0.3 is 5.97 Å². The van der Waals surface area contributed by atoms with Crippen LogP contribution in [0, 0.1) is 0 Å². The number of methoxy groups -OCH3 is 1. The first-order valence-electron chi connectivity index (χ1n) is 7.09. The molecule has 0 saturated heterocycles. The topological polar surface area (TPSA) is 56.8 Å². The molecule has 0 aliphatic carbocycles. The predicted molar refractivity (Wildman–Crippen MR) is 75.3 cm³/mol. The van der Waals surface area contributed by atoms with E-state index in [9.17, 15) is 4.79 Å². The number of nitrogens with one attached hydrogen (secondary N) is 1. The number of hydrogen-bond donors (Lipinski definition) is 1. The summed E-state index contributed by atoms with van der Waals surface area (Å²) >= 11 is 0. The van der Waals surface area contributed by atoms with Crippen LogP contribution in [0.5, 0.6) is 0 Å². The standard InChI is InChI=1S/C14H29NO4/c1-5-9-15-14(3,13(16)19-6-2)8-12-18-11-7-10-17-4/h15H,5-12H2,1-4H3. The normalized spacial score (nSPS) is 14.1. The van der Waals surface area contributed by atoms with Gasteiger partial charge in [0.15, 0.2) is 0 Å². The highest BCUT2D eigenvalue weighted by Gasteiger charge is 2.33. The Labute approximate surface area is 117 Å². The maximum Gasteiger partial charge on any atom is 0.326 e. The van der Waals surface area contributed by atoms with Crippen LogP contribution < -0.4 is 5.32 Å². The van der Waals surface area contributed by atoms with E-state index in [-0.39, 0.29) is 5.97 Å². The molecule has 0 aromatic carbocycles. The molecule has 0 fully saturated rings. The van der Waals surface area contributed by atoms with Crippen LogP contribution in [-0.2, 0) is 19.0 Å². The van der Waals surface area contributed by atoms with Gasteiger partial charge in [-0.2, -0.15) is 0 Å². The first-order valence-corrected chi connectivity index (χ1v) is 7.09. The van der Waals surface area contributed by atoms with Crippen molar-refractivity contribution in [2.24, 2.45) is 0 Å². The zero-order valence-electron chi connectivity index (χ0n) is 12.8. The third-order valence-electron chi connectivity index (χ3n) is 2.87. The Hall–Kier alpha value is -0.650. The van der Waals surface area contributed by atoms with Crippen LogP contribution in [-0.4, -0.2) is 51.6 Å². The number of esters is 1. The lowest BCUT2D eigenvalue weighted by molar-refractivity contribution is -0.151. The maximum absolute atomic E-state index is 12.0. The molecule has 5 nitrogen and oxygen atoms in total. The van der Waals surface area contributed by atoms with E-state index in [0.717, 1.165) is 19.4 Å². The van der Waals surface area contributed by atoms with Gasteiger partial charge in [0.05, 0.1) is 6.61 Å². The van der Waals surface area contributed by atoms with Gasteiger partial charge in [0.25, 0.3) is 0 Å². The maximum atomic E-state index is 12.0. The minimum atomic E-state index is -0.659. The second kappa shape index (κ2) is 11.2. The molecule has 114 valence electrons. The number of carbonyl (C=O) groups excluding carboxylic acids is 1. The molecule has 0 aromatic heterocycles. The molecule has 5 heteroatoms. The first kappa shape index (κ1) is 18.4. The van der Waals surface area contributed by atoms with E-state index in [1.807, 2.05) is 13.8 Å². The predicted octanol–water partition coefficient (Wildman–Crippen LogP) is 1.75. The van der Waals surface area contributed by atoms with Crippen molar-refractivity contribution in [2.75, 3.05) is 40.1 Å². The fourth-order valence-electron chi connectivity index (χ4n) is 1.64. The SMILES string of the molecule is CCCNC(C)(CCOCCCOC)C(=O)OCC. The molecule has 1 unspecified atom stereocenters. The average molecular weight is 275 g/mol. The highest BCUT2D eigenvalue weighted by molar-refractivity contribution is 5.80. The van der Waals surface area contributed by atoms with Gasteiger partial charge in [-0.05, 0) is 39.7 Å². The zero-order valence-corrected chi connectivity index (χ0v) is 12.8. The number of ether oxygens (including phenoxy) is 3. The third-order valence-corrected chi connectivity index (χ3v) is 2.87. The molecule has 1 atom stereocenters. The Kier molecular flexibility index (Phi) is 10.8. The summed E-state index contributed by atoms with van der Waals surface area (Å²) in [6, 6.07) is 0. The molecule has 0 rings (SSSR count). The van der Waals surface area contributed by atoms with Gasteiger partial charge in [0.2, 0.25) is 0 Å². The summed E-state index contributed by atoms with van der Waals surface area (Å²) in [5, 5.41) is 3.25. The number of hydrogen-bond acceptors (Lipinski definition) is 5. The smallest absolute Gasteiger partial charge is 0.326 e. The second-order valence-electron chi connectivity index (χ2n) is 4.69. The van der Waals surface area contributed by atoms with Crippen LogP contribution in [0.25, 0.3) is 0 Å². The lowest BCUT2D eigenvalue weighted by Gasteiger charge is -2.28. The molecule has 0 saturated carbocycles. The number of rotatable bonds is 12. The van der Waals surface area contributed by atoms with E-state index in [1.165, 1.54) is 0 Å². The van der Waals surface area contributed by atoms with Crippen molar-refractivity contribution in [3.8, 4) is 0 Å². The van der Waals surface area contributed by atoms with E-state index in [1.54, 1.807) is 7.11 Å². The first-order chi connectivity index (χ1) is 9.10. The summed E-state index contributed by atoms with van der Waals surface area (Å²) in [7, 11) is 1.67. The lowest BCUT2D eigenvalue weighted by Crippen LogP contribution is -2.51. The van der Waals surface area contributed by atoms with E-state index in [0.29, 0.717) is 32.8 Å². The second-order valence-corrected chi connectivity index (χ2v) is 4.69. The van der Waals surface area contributed by atoms with Crippen molar-refractivity contribution in [1.82, 2.24) is 5.32 Å². The summed E-state index contributed by atoms with van der Waals surface area (Å²) in [5.41, 5.74) is -0.659. The minimum absolute atomic E-state index is 0.205. The molecule has 0 aliphatic rings. The van der Waals surface area contributed by atoms with Crippen molar-refractivity contribution >= 4 is 5.97 Å². The molecule has 0 aromatic rings. The Morgan fingerprint density at radius 1 is 1.21 bits per heavy atom. The van der Waals surface area contributed by atoms with Crippen LogP contribution in [0.3, 0.4) is 0 Å². The van der Waals surface area contributed by atoms with E-state index in [4.69, 9.17) is 14.2 Å². The molecular weight excluding hydrogens is 246 g/mol. The minimum Gasteiger partial charge on any atom is -0.465 e. The summed E-state index contributed by atoms with van der Waals surface area (Å²) in [6.45, 7) is 8.84. The molecule has 0 heterocycles. The molecule has 0 radical (unpaired) electrons. The summed E-state index contributed by atoms with van der Waals surface area (Å²) < 4.78 is 15.6. The highest BCUT2D eigenvalue weighted by Crippen LogP contribution is 2.13. The van der Waals surface area contributed by atoms with Gasteiger partial charge in [-0.1, -0.05) is 6.92 Å². The molecular formula is C14H29NO4. The quantitative estimate of drug-likeness (QED) is 0.434. The zero-order chi connectivity index (χ0) is 14.6. The van der Waals surface area contributed by atoms with Crippen LogP contribution >= 0.6 is 0 Å². The van der Waals surface area contributed by atoms with Crippen molar-refractivity contribution < 1.29 is 19.0 Å².